The molecule has 0 aliphatic carbocycles. The number of ketones is 1. The third-order valence-corrected chi connectivity index (χ3v) is 3.92. The number of Topliss-reactive ketones (excluding diaryl/α,β-unsaturated/α-hetero) is 1. The Morgan fingerprint density at radius 3 is 2.54 bits per heavy atom. The Bertz CT molecular complexity index is 938. The maximum atomic E-state index is 13.5. The lowest BCUT2D eigenvalue weighted by Crippen LogP contribution is -2.13. The Labute approximate surface area is 153 Å². The molecule has 2 aromatic carbocycles. The largest absolute Gasteiger partial charge is 0.338 e. The molecule has 1 N–H and O–H groups in total. The Kier molecular flexibility index (Phi) is 5.43. The second kappa shape index (κ2) is 7.93. The molecule has 0 spiro atoms. The number of anilines is 1. The van der Waals surface area contributed by atoms with Crippen LogP contribution in [-0.4, -0.2) is 16.8 Å². The van der Waals surface area contributed by atoms with Gasteiger partial charge in [-0.2, -0.15) is 0 Å². The zero-order chi connectivity index (χ0) is 18.5. The summed E-state index contributed by atoms with van der Waals surface area (Å²) in [5.41, 5.74) is 1.30. The third-order valence-electron chi connectivity index (χ3n) is 3.67. The van der Waals surface area contributed by atoms with Gasteiger partial charge in [0, 0.05) is 29.5 Å². The lowest BCUT2D eigenvalue weighted by molar-refractivity contribution is -0.116. The highest BCUT2D eigenvalue weighted by Crippen LogP contribution is 2.23. The van der Waals surface area contributed by atoms with E-state index in [4.69, 9.17) is 16.1 Å². The van der Waals surface area contributed by atoms with Gasteiger partial charge in [-0.05, 0) is 24.3 Å². The minimum Gasteiger partial charge on any atom is -0.338 e. The van der Waals surface area contributed by atoms with Crippen molar-refractivity contribution in [3.05, 3.63) is 71.0 Å². The topological polar surface area (TPSA) is 72.2 Å². The van der Waals surface area contributed by atoms with E-state index in [1.165, 1.54) is 18.2 Å². The summed E-state index contributed by atoms with van der Waals surface area (Å²) in [5.74, 6) is -1.29. The van der Waals surface area contributed by atoms with Crippen LogP contribution in [0.25, 0.3) is 11.3 Å². The van der Waals surface area contributed by atoms with Crippen LogP contribution in [-0.2, 0) is 4.79 Å². The van der Waals surface area contributed by atoms with Gasteiger partial charge in [-0.1, -0.05) is 41.0 Å². The van der Waals surface area contributed by atoms with Crippen molar-refractivity contribution >= 4 is 29.2 Å². The van der Waals surface area contributed by atoms with E-state index in [1.54, 1.807) is 36.4 Å². The van der Waals surface area contributed by atoms with Gasteiger partial charge in [0.05, 0.1) is 5.56 Å². The molecule has 0 atom stereocenters. The number of aromatic nitrogens is 1. The van der Waals surface area contributed by atoms with Crippen molar-refractivity contribution in [1.82, 2.24) is 5.16 Å². The quantitative estimate of drug-likeness (QED) is 0.634. The Balaban J connectivity index is 1.56. The van der Waals surface area contributed by atoms with Crippen LogP contribution in [0.1, 0.15) is 23.2 Å². The van der Waals surface area contributed by atoms with Crippen molar-refractivity contribution < 1.29 is 18.5 Å². The molecule has 132 valence electrons. The van der Waals surface area contributed by atoms with Crippen molar-refractivity contribution in [1.29, 1.82) is 0 Å². The SMILES string of the molecule is O=C(CCC(=O)c1ccccc1F)Nc1cc(-c2ccc(Cl)cc2)no1. The summed E-state index contributed by atoms with van der Waals surface area (Å²) in [7, 11) is 0. The molecular weight excluding hydrogens is 359 g/mol. The fourth-order valence-corrected chi connectivity index (χ4v) is 2.47. The van der Waals surface area contributed by atoms with Crippen LogP contribution in [0.5, 0.6) is 0 Å². The summed E-state index contributed by atoms with van der Waals surface area (Å²) in [5, 5.41) is 7.00. The molecule has 26 heavy (non-hydrogen) atoms. The van der Waals surface area contributed by atoms with Crippen molar-refractivity contribution in [3.63, 3.8) is 0 Å². The number of rotatable bonds is 6. The van der Waals surface area contributed by atoms with Crippen LogP contribution >= 0.6 is 11.6 Å². The molecule has 1 heterocycles. The summed E-state index contributed by atoms with van der Waals surface area (Å²) in [6, 6.07) is 14.2. The van der Waals surface area contributed by atoms with Gasteiger partial charge in [-0.25, -0.2) is 4.39 Å². The van der Waals surface area contributed by atoms with Crippen LogP contribution in [0.3, 0.4) is 0 Å². The summed E-state index contributed by atoms with van der Waals surface area (Å²) in [6.07, 6.45) is -0.199. The monoisotopic (exact) mass is 372 g/mol. The normalized spacial score (nSPS) is 10.5. The van der Waals surface area contributed by atoms with Crippen molar-refractivity contribution in [2.45, 2.75) is 12.8 Å². The Morgan fingerprint density at radius 1 is 1.08 bits per heavy atom. The standard InChI is InChI=1S/C19H14ClFN2O3/c20-13-7-5-12(6-8-13)16-11-19(26-23-16)22-18(25)10-9-17(24)14-3-1-2-4-15(14)21/h1-8,11H,9-10H2,(H,22,25). The van der Waals surface area contributed by atoms with E-state index in [9.17, 15) is 14.0 Å². The second-order valence-electron chi connectivity index (χ2n) is 5.53. The zero-order valence-electron chi connectivity index (χ0n) is 13.5. The number of amides is 1. The van der Waals surface area contributed by atoms with Gasteiger partial charge in [0.2, 0.25) is 11.8 Å². The van der Waals surface area contributed by atoms with Gasteiger partial charge in [-0.15, -0.1) is 0 Å². The molecule has 0 saturated carbocycles. The number of hydrogen-bond acceptors (Lipinski definition) is 4. The lowest BCUT2D eigenvalue weighted by Gasteiger charge is -2.02. The number of hydrogen-bond donors (Lipinski definition) is 1. The average Bonchev–Trinajstić information content (AvgIpc) is 3.09. The highest BCUT2D eigenvalue weighted by Gasteiger charge is 2.14. The Hall–Kier alpha value is -2.99. The third kappa shape index (κ3) is 4.34. The molecule has 5 nitrogen and oxygen atoms in total. The van der Waals surface area contributed by atoms with Gasteiger partial charge in [0.15, 0.2) is 5.78 Å². The van der Waals surface area contributed by atoms with Crippen molar-refractivity contribution in [3.8, 4) is 11.3 Å². The summed E-state index contributed by atoms with van der Waals surface area (Å²) in [4.78, 5) is 23.9. The van der Waals surface area contributed by atoms with E-state index in [0.29, 0.717) is 10.7 Å². The lowest BCUT2D eigenvalue weighted by atomic mass is 10.1. The molecule has 0 saturated heterocycles. The molecule has 0 aliphatic rings. The number of nitrogens with one attached hydrogen (secondary N) is 1. The Morgan fingerprint density at radius 2 is 1.81 bits per heavy atom. The number of carbonyl (C=O) groups is 2. The van der Waals surface area contributed by atoms with Gasteiger partial charge < -0.3 is 4.52 Å². The van der Waals surface area contributed by atoms with Crippen molar-refractivity contribution in [2.75, 3.05) is 5.32 Å². The summed E-state index contributed by atoms with van der Waals surface area (Å²) < 4.78 is 18.6. The highest BCUT2D eigenvalue weighted by atomic mass is 35.5. The zero-order valence-corrected chi connectivity index (χ0v) is 14.3. The minimum absolute atomic E-state index is 0.0232. The molecule has 3 aromatic rings. The van der Waals surface area contributed by atoms with Gasteiger partial charge in [-0.3, -0.25) is 14.9 Å². The average molecular weight is 373 g/mol. The molecule has 0 fully saturated rings. The van der Waals surface area contributed by atoms with E-state index in [0.717, 1.165) is 5.56 Å². The van der Waals surface area contributed by atoms with Gasteiger partial charge in [0.25, 0.3) is 0 Å². The van der Waals surface area contributed by atoms with Crippen molar-refractivity contribution in [2.24, 2.45) is 0 Å². The summed E-state index contributed by atoms with van der Waals surface area (Å²) >= 11 is 5.84. The molecule has 0 unspecified atom stereocenters. The fourth-order valence-electron chi connectivity index (χ4n) is 2.34. The van der Waals surface area contributed by atoms with Crippen LogP contribution in [0, 0.1) is 5.82 Å². The maximum Gasteiger partial charge on any atom is 0.231 e. The first kappa shape index (κ1) is 17.8. The number of carbonyl (C=O) groups excluding carboxylic acids is 2. The molecular formula is C19H14ClFN2O3. The predicted molar refractivity (Wildman–Crippen MR) is 95.5 cm³/mol. The van der Waals surface area contributed by atoms with E-state index in [-0.39, 0.29) is 24.3 Å². The molecule has 7 heteroatoms. The first-order valence-electron chi connectivity index (χ1n) is 7.83. The number of halogens is 2. The molecule has 1 aromatic heterocycles. The van der Waals surface area contributed by atoms with Crippen LogP contribution in [0.2, 0.25) is 5.02 Å². The van der Waals surface area contributed by atoms with E-state index < -0.39 is 17.5 Å². The summed E-state index contributed by atoms with van der Waals surface area (Å²) in [6.45, 7) is 0. The van der Waals surface area contributed by atoms with Crippen LogP contribution in [0.15, 0.2) is 59.1 Å². The van der Waals surface area contributed by atoms with Crippen LogP contribution in [0.4, 0.5) is 10.3 Å². The minimum atomic E-state index is -0.597. The number of nitrogens with zero attached hydrogens (tertiary/aromatic N) is 1. The fraction of sp³-hybridized carbons (Fsp3) is 0.105. The second-order valence-corrected chi connectivity index (χ2v) is 5.97. The highest BCUT2D eigenvalue weighted by molar-refractivity contribution is 6.30. The first-order valence-corrected chi connectivity index (χ1v) is 8.21. The van der Waals surface area contributed by atoms with Gasteiger partial charge >= 0.3 is 0 Å². The maximum absolute atomic E-state index is 13.5. The molecule has 0 aliphatic heterocycles. The molecule has 1 amide bonds. The smallest absolute Gasteiger partial charge is 0.231 e. The molecule has 3 rings (SSSR count). The predicted octanol–water partition coefficient (Wildman–Crippen LogP) is 4.74. The van der Waals surface area contributed by atoms with Crippen LogP contribution < -0.4 is 5.32 Å². The van der Waals surface area contributed by atoms with E-state index in [2.05, 4.69) is 10.5 Å². The number of benzene rings is 2. The van der Waals surface area contributed by atoms with Gasteiger partial charge in [0.1, 0.15) is 11.5 Å². The first-order chi connectivity index (χ1) is 12.5. The van der Waals surface area contributed by atoms with E-state index >= 15 is 0 Å². The molecule has 0 bridgehead atoms. The molecule has 0 radical (unpaired) electrons. The van der Waals surface area contributed by atoms with E-state index in [1.807, 2.05) is 0 Å².